The van der Waals surface area contributed by atoms with Gasteiger partial charge in [-0.15, -0.1) is 11.8 Å². The van der Waals surface area contributed by atoms with Gasteiger partial charge in [0.2, 0.25) is 11.8 Å². The summed E-state index contributed by atoms with van der Waals surface area (Å²) in [5.41, 5.74) is 1.78. The van der Waals surface area contributed by atoms with Crippen molar-refractivity contribution in [1.29, 1.82) is 0 Å². The summed E-state index contributed by atoms with van der Waals surface area (Å²) in [5.74, 6) is 0.510. The Morgan fingerprint density at radius 2 is 1.83 bits per heavy atom. The minimum absolute atomic E-state index is 0.121. The van der Waals surface area contributed by atoms with Crippen LogP contribution in [0, 0.1) is 0 Å². The van der Waals surface area contributed by atoms with Crippen molar-refractivity contribution in [1.82, 2.24) is 10.2 Å². The standard InChI is InChI=1S/C22H25Cl3N2O2S/c1-3-9-26-22(29)15(2)27(12-16-5-4-6-18(23)10-16)21(28)14-30-13-17-7-8-19(24)11-20(17)25/h4-8,10-11,15H,3,9,12-14H2,1-2H3,(H,26,29). The van der Waals surface area contributed by atoms with E-state index < -0.39 is 6.04 Å². The molecule has 2 rings (SSSR count). The van der Waals surface area contributed by atoms with Gasteiger partial charge in [-0.25, -0.2) is 0 Å². The smallest absolute Gasteiger partial charge is 0.242 e. The molecule has 0 spiro atoms. The molecule has 0 radical (unpaired) electrons. The van der Waals surface area contributed by atoms with E-state index in [1.54, 1.807) is 36.1 Å². The number of halogens is 3. The van der Waals surface area contributed by atoms with E-state index in [2.05, 4.69) is 5.32 Å². The molecule has 0 aliphatic heterocycles. The number of thioether (sulfide) groups is 1. The second kappa shape index (κ2) is 12.5. The number of carbonyl (C=O) groups is 2. The number of amides is 2. The maximum Gasteiger partial charge on any atom is 0.242 e. The zero-order valence-corrected chi connectivity index (χ0v) is 20.0. The lowest BCUT2D eigenvalue weighted by molar-refractivity contribution is -0.138. The molecule has 1 N–H and O–H groups in total. The van der Waals surface area contributed by atoms with Crippen molar-refractivity contribution >= 4 is 58.4 Å². The normalized spacial score (nSPS) is 11.8. The number of nitrogens with zero attached hydrogens (tertiary/aromatic N) is 1. The minimum Gasteiger partial charge on any atom is -0.354 e. The first kappa shape index (κ1) is 24.9. The third-order valence-corrected chi connectivity index (χ3v) is 6.24. The fraction of sp³-hybridized carbons (Fsp3) is 0.364. The van der Waals surface area contributed by atoms with Crippen molar-refractivity contribution in [2.24, 2.45) is 0 Å². The van der Waals surface area contributed by atoms with Crippen LogP contribution in [0.2, 0.25) is 15.1 Å². The Labute approximate surface area is 197 Å². The van der Waals surface area contributed by atoms with Gasteiger partial charge < -0.3 is 10.2 Å². The Bertz CT molecular complexity index is 879. The Morgan fingerprint density at radius 1 is 1.10 bits per heavy atom. The van der Waals surface area contributed by atoms with E-state index in [9.17, 15) is 9.59 Å². The SMILES string of the molecule is CCCNC(=O)C(C)N(Cc1cccc(Cl)c1)C(=O)CSCc1ccc(Cl)cc1Cl. The van der Waals surface area contributed by atoms with Gasteiger partial charge in [0.15, 0.2) is 0 Å². The van der Waals surface area contributed by atoms with Gasteiger partial charge in [0, 0.05) is 33.9 Å². The summed E-state index contributed by atoms with van der Waals surface area (Å²) in [6, 6.07) is 12.0. The average molecular weight is 488 g/mol. The molecule has 2 aromatic rings. The van der Waals surface area contributed by atoms with Gasteiger partial charge in [-0.3, -0.25) is 9.59 Å². The van der Waals surface area contributed by atoms with Crippen molar-refractivity contribution in [3.8, 4) is 0 Å². The summed E-state index contributed by atoms with van der Waals surface area (Å²) in [5, 5.41) is 4.60. The molecule has 1 atom stereocenters. The second-order valence-electron chi connectivity index (χ2n) is 6.85. The number of benzene rings is 2. The maximum atomic E-state index is 13.0. The van der Waals surface area contributed by atoms with Crippen molar-refractivity contribution < 1.29 is 9.59 Å². The molecule has 0 bridgehead atoms. The topological polar surface area (TPSA) is 49.4 Å². The molecule has 1 unspecified atom stereocenters. The van der Waals surface area contributed by atoms with E-state index in [1.807, 2.05) is 25.1 Å². The van der Waals surface area contributed by atoms with E-state index in [4.69, 9.17) is 34.8 Å². The van der Waals surface area contributed by atoms with E-state index in [0.717, 1.165) is 17.5 Å². The fourth-order valence-corrected chi connectivity index (χ4v) is 4.46. The van der Waals surface area contributed by atoms with E-state index in [-0.39, 0.29) is 17.6 Å². The molecule has 0 aliphatic rings. The van der Waals surface area contributed by atoms with Crippen LogP contribution in [0.5, 0.6) is 0 Å². The van der Waals surface area contributed by atoms with Crippen LogP contribution >= 0.6 is 46.6 Å². The lowest BCUT2D eigenvalue weighted by atomic mass is 10.1. The molecule has 30 heavy (non-hydrogen) atoms. The predicted molar refractivity (Wildman–Crippen MR) is 127 cm³/mol. The van der Waals surface area contributed by atoms with E-state index in [1.165, 1.54) is 11.8 Å². The maximum absolute atomic E-state index is 13.0. The third kappa shape index (κ3) is 7.69. The van der Waals surface area contributed by atoms with Crippen LogP contribution in [0.25, 0.3) is 0 Å². The number of rotatable bonds is 10. The lowest BCUT2D eigenvalue weighted by Crippen LogP contribution is -2.48. The summed E-state index contributed by atoms with van der Waals surface area (Å²) < 4.78 is 0. The van der Waals surface area contributed by atoms with Crippen LogP contribution < -0.4 is 5.32 Å². The van der Waals surface area contributed by atoms with Gasteiger partial charge in [-0.05, 0) is 48.7 Å². The molecule has 0 saturated carbocycles. The molecule has 2 amide bonds. The Kier molecular flexibility index (Phi) is 10.3. The first-order chi connectivity index (χ1) is 14.3. The number of hydrogen-bond acceptors (Lipinski definition) is 3. The quantitative estimate of drug-likeness (QED) is 0.459. The number of hydrogen-bond donors (Lipinski definition) is 1. The van der Waals surface area contributed by atoms with Crippen LogP contribution in [0.4, 0.5) is 0 Å². The molecule has 0 fully saturated rings. The highest BCUT2D eigenvalue weighted by atomic mass is 35.5. The summed E-state index contributed by atoms with van der Waals surface area (Å²) in [7, 11) is 0. The van der Waals surface area contributed by atoms with Crippen LogP contribution in [0.1, 0.15) is 31.4 Å². The third-order valence-electron chi connectivity index (χ3n) is 4.46. The number of carbonyl (C=O) groups excluding carboxylic acids is 2. The van der Waals surface area contributed by atoms with Crippen molar-refractivity contribution in [2.75, 3.05) is 12.3 Å². The Hall–Kier alpha value is -1.40. The molecule has 0 heterocycles. The van der Waals surface area contributed by atoms with Crippen molar-refractivity contribution in [2.45, 2.75) is 38.6 Å². The molecule has 0 saturated heterocycles. The van der Waals surface area contributed by atoms with E-state index in [0.29, 0.717) is 33.9 Å². The van der Waals surface area contributed by atoms with Crippen LogP contribution in [-0.4, -0.2) is 35.1 Å². The summed E-state index contributed by atoms with van der Waals surface area (Å²) in [6.07, 6.45) is 0.832. The van der Waals surface area contributed by atoms with Crippen molar-refractivity contribution in [3.05, 3.63) is 68.7 Å². The number of nitrogens with one attached hydrogen (secondary N) is 1. The molecule has 4 nitrogen and oxygen atoms in total. The first-order valence-electron chi connectivity index (χ1n) is 9.65. The van der Waals surface area contributed by atoms with Gasteiger partial charge in [-0.2, -0.15) is 0 Å². The van der Waals surface area contributed by atoms with Crippen LogP contribution in [-0.2, 0) is 21.9 Å². The van der Waals surface area contributed by atoms with Gasteiger partial charge in [-0.1, -0.05) is 59.9 Å². The molecular formula is C22H25Cl3N2O2S. The van der Waals surface area contributed by atoms with Gasteiger partial charge in [0.1, 0.15) is 6.04 Å². The van der Waals surface area contributed by atoms with Crippen LogP contribution in [0.15, 0.2) is 42.5 Å². The fourth-order valence-electron chi connectivity index (χ4n) is 2.78. The average Bonchev–Trinajstić information content (AvgIpc) is 2.71. The van der Waals surface area contributed by atoms with Gasteiger partial charge in [0.25, 0.3) is 0 Å². The highest BCUT2D eigenvalue weighted by Crippen LogP contribution is 2.25. The summed E-state index contributed by atoms with van der Waals surface area (Å²) >= 11 is 19.7. The van der Waals surface area contributed by atoms with E-state index >= 15 is 0 Å². The monoisotopic (exact) mass is 486 g/mol. The molecule has 0 aromatic heterocycles. The zero-order valence-electron chi connectivity index (χ0n) is 17.0. The minimum atomic E-state index is -0.595. The van der Waals surface area contributed by atoms with Crippen LogP contribution in [0.3, 0.4) is 0 Å². The molecule has 0 aliphatic carbocycles. The van der Waals surface area contributed by atoms with Gasteiger partial charge >= 0.3 is 0 Å². The molecule has 8 heteroatoms. The first-order valence-corrected chi connectivity index (χ1v) is 11.9. The zero-order chi connectivity index (χ0) is 22.1. The predicted octanol–water partition coefficient (Wildman–Crippen LogP) is 5.82. The molecule has 162 valence electrons. The Morgan fingerprint density at radius 3 is 2.50 bits per heavy atom. The lowest BCUT2D eigenvalue weighted by Gasteiger charge is -2.29. The Balaban J connectivity index is 2.07. The highest BCUT2D eigenvalue weighted by Gasteiger charge is 2.26. The van der Waals surface area contributed by atoms with Crippen molar-refractivity contribution in [3.63, 3.8) is 0 Å². The summed E-state index contributed by atoms with van der Waals surface area (Å²) in [4.78, 5) is 27.1. The second-order valence-corrected chi connectivity index (χ2v) is 9.11. The largest absolute Gasteiger partial charge is 0.354 e. The molecular weight excluding hydrogens is 463 g/mol. The molecule has 2 aromatic carbocycles. The highest BCUT2D eigenvalue weighted by molar-refractivity contribution is 7.99. The summed E-state index contributed by atoms with van der Waals surface area (Å²) in [6.45, 7) is 4.61. The van der Waals surface area contributed by atoms with Gasteiger partial charge in [0.05, 0.1) is 5.75 Å².